The van der Waals surface area contributed by atoms with E-state index >= 15 is 0 Å². The molecule has 6 heteroatoms. The zero-order valence-electron chi connectivity index (χ0n) is 12.8. The van der Waals surface area contributed by atoms with Crippen molar-refractivity contribution in [2.24, 2.45) is 0 Å². The fourth-order valence-corrected chi connectivity index (χ4v) is 3.46. The van der Waals surface area contributed by atoms with Gasteiger partial charge in [-0.2, -0.15) is 0 Å². The van der Waals surface area contributed by atoms with Gasteiger partial charge < -0.3 is 9.64 Å². The summed E-state index contributed by atoms with van der Waals surface area (Å²) in [6, 6.07) is 16.2. The number of thioether (sulfide) groups is 1. The third kappa shape index (κ3) is 3.17. The van der Waals surface area contributed by atoms with E-state index in [-0.39, 0.29) is 16.0 Å². The van der Waals surface area contributed by atoms with E-state index in [0.29, 0.717) is 0 Å². The Morgan fingerprint density at radius 3 is 2.61 bits per heavy atom. The Hall–Kier alpha value is -2.47. The molecule has 0 saturated carbocycles. The lowest BCUT2D eigenvalue weighted by Gasteiger charge is -2.20. The highest BCUT2D eigenvalue weighted by Gasteiger charge is 2.30. The third-order valence-electron chi connectivity index (χ3n) is 3.65. The maximum atomic E-state index is 11.0. The first-order valence-electron chi connectivity index (χ1n) is 7.18. The summed E-state index contributed by atoms with van der Waals surface area (Å²) < 4.78 is 6.01. The molecular weight excluding hydrogens is 312 g/mol. The van der Waals surface area contributed by atoms with E-state index in [0.717, 1.165) is 22.1 Å². The molecule has 1 unspecified atom stereocenters. The van der Waals surface area contributed by atoms with E-state index < -0.39 is 0 Å². The SMILES string of the molecule is CC1SC(Oc2ccccc2)=C(c2cccc([N+](=O)[O-])c2)N1C. The Kier molecular flexibility index (Phi) is 4.25. The molecule has 0 spiro atoms. The van der Waals surface area contributed by atoms with Crippen molar-refractivity contribution in [3.8, 4) is 5.75 Å². The van der Waals surface area contributed by atoms with Gasteiger partial charge in [0, 0.05) is 24.7 Å². The predicted octanol–water partition coefficient (Wildman–Crippen LogP) is 4.32. The highest BCUT2D eigenvalue weighted by molar-refractivity contribution is 8.03. The molecule has 0 aliphatic carbocycles. The van der Waals surface area contributed by atoms with Crippen LogP contribution in [0.2, 0.25) is 0 Å². The molecule has 1 aliphatic rings. The lowest BCUT2D eigenvalue weighted by atomic mass is 10.1. The van der Waals surface area contributed by atoms with Gasteiger partial charge in [-0.25, -0.2) is 0 Å². The largest absolute Gasteiger partial charge is 0.448 e. The van der Waals surface area contributed by atoms with Gasteiger partial charge in [-0.05, 0) is 19.1 Å². The van der Waals surface area contributed by atoms with Crippen molar-refractivity contribution in [3.63, 3.8) is 0 Å². The molecule has 2 aromatic rings. The maximum absolute atomic E-state index is 11.0. The highest BCUT2D eigenvalue weighted by Crippen LogP contribution is 2.43. The van der Waals surface area contributed by atoms with Gasteiger partial charge in [0.15, 0.2) is 5.09 Å². The number of hydrogen-bond donors (Lipinski definition) is 0. The molecular formula is C17H16N2O3S. The van der Waals surface area contributed by atoms with Crippen LogP contribution in [-0.2, 0) is 0 Å². The van der Waals surface area contributed by atoms with Crippen LogP contribution in [0.5, 0.6) is 5.75 Å². The molecule has 118 valence electrons. The van der Waals surface area contributed by atoms with Gasteiger partial charge in [0.25, 0.3) is 5.69 Å². The summed E-state index contributed by atoms with van der Waals surface area (Å²) >= 11 is 1.60. The molecule has 0 aromatic heterocycles. The van der Waals surface area contributed by atoms with Crippen molar-refractivity contribution in [2.75, 3.05) is 7.05 Å². The maximum Gasteiger partial charge on any atom is 0.270 e. The van der Waals surface area contributed by atoms with Gasteiger partial charge in [-0.1, -0.05) is 42.1 Å². The van der Waals surface area contributed by atoms with Crippen LogP contribution in [-0.4, -0.2) is 22.2 Å². The molecule has 23 heavy (non-hydrogen) atoms. The molecule has 0 fully saturated rings. The van der Waals surface area contributed by atoms with Crippen molar-refractivity contribution in [2.45, 2.75) is 12.3 Å². The summed E-state index contributed by atoms with van der Waals surface area (Å²) in [6.45, 7) is 2.07. The Balaban J connectivity index is 2.02. The average Bonchev–Trinajstić information content (AvgIpc) is 2.82. The van der Waals surface area contributed by atoms with Gasteiger partial charge in [-0.3, -0.25) is 10.1 Å². The molecule has 1 atom stereocenters. The summed E-state index contributed by atoms with van der Waals surface area (Å²) in [6.07, 6.45) is 0. The molecule has 5 nitrogen and oxygen atoms in total. The van der Waals surface area contributed by atoms with Gasteiger partial charge in [0.1, 0.15) is 5.75 Å². The van der Waals surface area contributed by atoms with E-state index in [1.807, 2.05) is 43.4 Å². The van der Waals surface area contributed by atoms with Crippen LogP contribution in [0, 0.1) is 10.1 Å². The average molecular weight is 328 g/mol. The summed E-state index contributed by atoms with van der Waals surface area (Å²) in [4.78, 5) is 12.7. The van der Waals surface area contributed by atoms with E-state index in [1.165, 1.54) is 6.07 Å². The number of nitro benzene ring substituents is 1. The molecule has 0 radical (unpaired) electrons. The zero-order valence-corrected chi connectivity index (χ0v) is 13.6. The first-order valence-corrected chi connectivity index (χ1v) is 8.05. The number of non-ortho nitro benzene ring substituents is 1. The molecule has 1 aliphatic heterocycles. The number of nitro groups is 1. The van der Waals surface area contributed by atoms with Gasteiger partial charge in [-0.15, -0.1) is 0 Å². The predicted molar refractivity (Wildman–Crippen MR) is 91.9 cm³/mol. The first-order chi connectivity index (χ1) is 11.1. The number of para-hydroxylation sites is 1. The highest BCUT2D eigenvalue weighted by atomic mass is 32.2. The second kappa shape index (κ2) is 6.34. The van der Waals surface area contributed by atoms with Crippen LogP contribution in [0.25, 0.3) is 5.70 Å². The molecule has 3 rings (SSSR count). The fourth-order valence-electron chi connectivity index (χ4n) is 2.37. The Morgan fingerprint density at radius 1 is 1.17 bits per heavy atom. The number of benzene rings is 2. The van der Waals surface area contributed by atoms with Gasteiger partial charge in [0.05, 0.1) is 16.0 Å². The molecule has 2 aromatic carbocycles. The Labute approximate surface area is 138 Å². The quantitative estimate of drug-likeness (QED) is 0.618. The smallest absolute Gasteiger partial charge is 0.270 e. The van der Waals surface area contributed by atoms with E-state index in [9.17, 15) is 10.1 Å². The van der Waals surface area contributed by atoms with Crippen LogP contribution in [0.4, 0.5) is 5.69 Å². The van der Waals surface area contributed by atoms with Crippen LogP contribution in [0.15, 0.2) is 59.7 Å². The summed E-state index contributed by atoms with van der Waals surface area (Å²) in [5, 5.41) is 12.0. The minimum atomic E-state index is -0.382. The number of hydrogen-bond acceptors (Lipinski definition) is 5. The monoisotopic (exact) mass is 328 g/mol. The molecule has 0 N–H and O–H groups in total. The number of ether oxygens (including phenoxy) is 1. The van der Waals surface area contributed by atoms with Crippen molar-refractivity contribution in [1.82, 2.24) is 4.90 Å². The normalized spacial score (nSPS) is 17.5. The van der Waals surface area contributed by atoms with Crippen molar-refractivity contribution < 1.29 is 9.66 Å². The summed E-state index contributed by atoms with van der Waals surface area (Å²) in [7, 11) is 1.97. The van der Waals surface area contributed by atoms with E-state index in [2.05, 4.69) is 11.8 Å². The van der Waals surface area contributed by atoms with Crippen LogP contribution >= 0.6 is 11.8 Å². The van der Waals surface area contributed by atoms with Crippen LogP contribution in [0.1, 0.15) is 12.5 Å². The first kappa shape index (κ1) is 15.4. The van der Waals surface area contributed by atoms with Crippen LogP contribution in [0.3, 0.4) is 0 Å². The van der Waals surface area contributed by atoms with E-state index in [4.69, 9.17) is 4.74 Å². The fraction of sp³-hybridized carbons (Fsp3) is 0.176. The van der Waals surface area contributed by atoms with E-state index in [1.54, 1.807) is 23.9 Å². The second-order valence-corrected chi connectivity index (χ2v) is 6.48. The lowest BCUT2D eigenvalue weighted by molar-refractivity contribution is -0.384. The minimum Gasteiger partial charge on any atom is -0.448 e. The number of nitrogens with zero attached hydrogens (tertiary/aromatic N) is 2. The summed E-state index contributed by atoms with van der Waals surface area (Å²) in [5.41, 5.74) is 1.73. The minimum absolute atomic E-state index is 0.0759. The van der Waals surface area contributed by atoms with Crippen LogP contribution < -0.4 is 4.74 Å². The zero-order chi connectivity index (χ0) is 16.4. The molecule has 0 amide bonds. The topological polar surface area (TPSA) is 55.6 Å². The standard InChI is InChI=1S/C17H16N2O3S/c1-12-18(2)16(13-7-6-8-14(11-13)19(20)21)17(23-12)22-15-9-4-3-5-10-15/h3-12H,1-2H3. The third-order valence-corrected chi connectivity index (χ3v) is 4.80. The molecule has 0 bridgehead atoms. The lowest BCUT2D eigenvalue weighted by Crippen LogP contribution is -2.20. The summed E-state index contributed by atoms with van der Waals surface area (Å²) in [5.74, 6) is 0.750. The molecule has 1 heterocycles. The van der Waals surface area contributed by atoms with Gasteiger partial charge in [0.2, 0.25) is 0 Å². The Bertz CT molecular complexity index is 761. The number of rotatable bonds is 4. The molecule has 0 saturated heterocycles. The van der Waals surface area contributed by atoms with Crippen molar-refractivity contribution in [1.29, 1.82) is 0 Å². The van der Waals surface area contributed by atoms with Crippen molar-refractivity contribution in [3.05, 3.63) is 75.4 Å². The van der Waals surface area contributed by atoms with Gasteiger partial charge >= 0.3 is 0 Å². The van der Waals surface area contributed by atoms with Crippen molar-refractivity contribution >= 4 is 23.1 Å². The second-order valence-electron chi connectivity index (χ2n) is 5.19. The Morgan fingerprint density at radius 2 is 1.91 bits per heavy atom.